The number of nitrogens with zero attached hydrogens (tertiary/aromatic N) is 5. The smallest absolute Gasteiger partial charge is 0.278 e. The van der Waals surface area contributed by atoms with Crippen molar-refractivity contribution in [1.82, 2.24) is 29.6 Å². The molecule has 0 aliphatic carbocycles. The predicted molar refractivity (Wildman–Crippen MR) is 145 cm³/mol. The van der Waals surface area contributed by atoms with Gasteiger partial charge in [-0.15, -0.1) is 0 Å². The van der Waals surface area contributed by atoms with Crippen LogP contribution in [0.5, 0.6) is 0 Å². The monoisotopic (exact) mass is 503 g/mol. The van der Waals surface area contributed by atoms with Gasteiger partial charge in [0.1, 0.15) is 12.1 Å². The molecule has 4 heterocycles. The quantitative estimate of drug-likeness (QED) is 0.388. The van der Waals surface area contributed by atoms with Crippen molar-refractivity contribution in [1.29, 1.82) is 0 Å². The molecule has 8 nitrogen and oxygen atoms in total. The summed E-state index contributed by atoms with van der Waals surface area (Å²) in [6.07, 6.45) is 1.56. The predicted octanol–water partition coefficient (Wildman–Crippen LogP) is 4.93. The molecule has 1 aliphatic rings. The van der Waals surface area contributed by atoms with E-state index >= 15 is 0 Å². The van der Waals surface area contributed by atoms with Crippen LogP contribution >= 0.6 is 0 Å². The highest BCUT2D eigenvalue weighted by molar-refractivity contribution is 5.77. The molecule has 5 rings (SSSR count). The summed E-state index contributed by atoms with van der Waals surface area (Å²) >= 11 is 0. The molecule has 0 radical (unpaired) electrons. The highest BCUT2D eigenvalue weighted by Gasteiger charge is 2.28. The molecule has 4 aromatic rings. The minimum Gasteiger partial charge on any atom is -0.324 e. The molecule has 0 unspecified atom stereocenters. The highest BCUT2D eigenvalue weighted by Crippen LogP contribution is 2.32. The number of halogens is 1. The Kier molecular flexibility index (Phi) is 6.14. The molecule has 0 saturated heterocycles. The zero-order valence-electron chi connectivity index (χ0n) is 22.3. The van der Waals surface area contributed by atoms with Crippen molar-refractivity contribution in [3.63, 3.8) is 0 Å². The zero-order chi connectivity index (χ0) is 26.5. The molecular formula is C28H34FN7O. The Bertz CT molecular complexity index is 1530. The van der Waals surface area contributed by atoms with Crippen molar-refractivity contribution in [3.8, 4) is 5.82 Å². The number of pyridine rings is 1. The fourth-order valence-corrected chi connectivity index (χ4v) is 4.94. The van der Waals surface area contributed by atoms with Crippen molar-refractivity contribution in [2.45, 2.75) is 65.0 Å². The van der Waals surface area contributed by atoms with Crippen molar-refractivity contribution in [2.24, 2.45) is 0 Å². The van der Waals surface area contributed by atoms with Gasteiger partial charge in [0.05, 0.1) is 5.69 Å². The Balaban J connectivity index is 1.61. The summed E-state index contributed by atoms with van der Waals surface area (Å²) in [4.78, 5) is 27.3. The molecule has 194 valence electrons. The normalized spacial score (nSPS) is 15.2. The molecule has 3 aromatic heterocycles. The third-order valence-corrected chi connectivity index (χ3v) is 7.06. The maximum Gasteiger partial charge on any atom is 0.278 e. The van der Waals surface area contributed by atoms with Gasteiger partial charge in [0.2, 0.25) is 5.95 Å². The second-order valence-corrected chi connectivity index (χ2v) is 11.4. The van der Waals surface area contributed by atoms with E-state index in [0.717, 1.165) is 18.8 Å². The van der Waals surface area contributed by atoms with Gasteiger partial charge >= 0.3 is 0 Å². The summed E-state index contributed by atoms with van der Waals surface area (Å²) in [5.74, 6) is 0.886. The second kappa shape index (κ2) is 9.06. The Hall–Kier alpha value is -3.59. The molecule has 37 heavy (non-hydrogen) atoms. The topological polar surface area (TPSA) is 89.7 Å². The van der Waals surface area contributed by atoms with E-state index in [1.165, 1.54) is 11.1 Å². The van der Waals surface area contributed by atoms with E-state index in [-0.39, 0.29) is 17.0 Å². The van der Waals surface area contributed by atoms with E-state index in [9.17, 15) is 9.18 Å². The number of hydrogen-bond donors (Lipinski definition) is 2. The van der Waals surface area contributed by atoms with Gasteiger partial charge in [0.25, 0.3) is 5.56 Å². The van der Waals surface area contributed by atoms with Crippen LogP contribution in [0.15, 0.2) is 47.4 Å². The van der Waals surface area contributed by atoms with E-state index in [1.54, 1.807) is 21.6 Å². The van der Waals surface area contributed by atoms with Crippen molar-refractivity contribution in [2.75, 3.05) is 18.5 Å². The van der Waals surface area contributed by atoms with Gasteiger partial charge in [0, 0.05) is 41.8 Å². The van der Waals surface area contributed by atoms with Gasteiger partial charge in [-0.3, -0.25) is 9.18 Å². The summed E-state index contributed by atoms with van der Waals surface area (Å²) in [5.41, 5.74) is 3.61. The lowest BCUT2D eigenvalue weighted by Gasteiger charge is -2.33. The summed E-state index contributed by atoms with van der Waals surface area (Å²) in [7, 11) is 0. The molecule has 1 aliphatic heterocycles. The maximum atomic E-state index is 13.7. The van der Waals surface area contributed by atoms with Gasteiger partial charge < -0.3 is 10.6 Å². The standard InChI is InChI=1S/C28H34FN7O/c1-17(2)35-25(37)20-14-31-26(32-19-10-11-21-18(12-19)13-30-16-28(21,5)6)34-24(20)36(35)23-9-7-8-22(33-23)27(3,4)15-29/h7-12,14,17,30H,13,15-16H2,1-6H3,(H,31,32,34). The second-order valence-electron chi connectivity index (χ2n) is 11.4. The molecule has 0 fully saturated rings. The molecule has 1 aromatic carbocycles. The number of alkyl halides is 1. The fourth-order valence-electron chi connectivity index (χ4n) is 4.94. The average molecular weight is 504 g/mol. The molecule has 0 bridgehead atoms. The maximum absolute atomic E-state index is 13.7. The lowest BCUT2D eigenvalue weighted by atomic mass is 9.79. The van der Waals surface area contributed by atoms with E-state index in [0.29, 0.717) is 28.5 Å². The van der Waals surface area contributed by atoms with Crippen molar-refractivity contribution >= 4 is 22.7 Å². The summed E-state index contributed by atoms with van der Waals surface area (Å²) in [6.45, 7) is 13.1. The Labute approximate surface area is 216 Å². The Morgan fingerprint density at radius 1 is 1.19 bits per heavy atom. The molecule has 9 heteroatoms. The molecule has 0 saturated carbocycles. The number of hydrogen-bond acceptors (Lipinski definition) is 6. The van der Waals surface area contributed by atoms with Gasteiger partial charge in [-0.1, -0.05) is 39.8 Å². The van der Waals surface area contributed by atoms with Gasteiger partial charge in [-0.05, 0) is 49.2 Å². The minimum absolute atomic E-state index is 0.0651. The third kappa shape index (κ3) is 4.41. The summed E-state index contributed by atoms with van der Waals surface area (Å²) in [5, 5.41) is 7.19. The van der Waals surface area contributed by atoms with E-state index in [1.807, 2.05) is 45.9 Å². The van der Waals surface area contributed by atoms with Crippen molar-refractivity contribution < 1.29 is 4.39 Å². The van der Waals surface area contributed by atoms with Gasteiger partial charge in [-0.2, -0.15) is 4.98 Å². The average Bonchev–Trinajstić information content (AvgIpc) is 3.15. The van der Waals surface area contributed by atoms with Crippen LogP contribution in [0.3, 0.4) is 0 Å². The fraction of sp³-hybridized carbons (Fsp3) is 0.429. The van der Waals surface area contributed by atoms with Crippen LogP contribution in [0, 0.1) is 0 Å². The third-order valence-electron chi connectivity index (χ3n) is 7.06. The number of rotatable bonds is 6. The van der Waals surface area contributed by atoms with E-state index in [4.69, 9.17) is 9.97 Å². The minimum atomic E-state index is -0.751. The summed E-state index contributed by atoms with van der Waals surface area (Å²) < 4.78 is 17.1. The van der Waals surface area contributed by atoms with Crippen molar-refractivity contribution in [3.05, 3.63) is 69.8 Å². The first kappa shape index (κ1) is 25.1. The largest absolute Gasteiger partial charge is 0.324 e. The zero-order valence-corrected chi connectivity index (χ0v) is 22.3. The molecule has 0 spiro atoms. The van der Waals surface area contributed by atoms with Crippen LogP contribution in [-0.4, -0.2) is 37.5 Å². The van der Waals surface area contributed by atoms with Crippen LogP contribution in [0.1, 0.15) is 64.4 Å². The SMILES string of the molecule is CC(C)n1c(=O)c2cnc(Nc3ccc4c(c3)CNCC4(C)C)nc2n1-c1cccc(C(C)(C)CF)n1. The van der Waals surface area contributed by atoms with Gasteiger partial charge in [-0.25, -0.2) is 19.3 Å². The number of fused-ring (bicyclic) bond motifs is 2. The van der Waals surface area contributed by atoms with E-state index < -0.39 is 12.1 Å². The Morgan fingerprint density at radius 2 is 1.97 bits per heavy atom. The first-order valence-corrected chi connectivity index (χ1v) is 12.7. The molecular weight excluding hydrogens is 469 g/mol. The van der Waals surface area contributed by atoms with Crippen LogP contribution in [0.25, 0.3) is 16.9 Å². The lowest BCUT2D eigenvalue weighted by molar-refractivity contribution is 0.343. The first-order chi connectivity index (χ1) is 17.5. The lowest BCUT2D eigenvalue weighted by Crippen LogP contribution is -2.38. The van der Waals surface area contributed by atoms with Gasteiger partial charge in [0.15, 0.2) is 11.5 Å². The number of benzene rings is 1. The van der Waals surface area contributed by atoms with Crippen LogP contribution in [0.2, 0.25) is 0 Å². The van der Waals surface area contributed by atoms with E-state index in [2.05, 4.69) is 41.6 Å². The first-order valence-electron chi connectivity index (χ1n) is 12.7. The molecule has 0 atom stereocenters. The molecule has 2 N–H and O–H groups in total. The number of aromatic nitrogens is 5. The molecule has 0 amide bonds. The highest BCUT2D eigenvalue weighted by atomic mass is 19.1. The number of anilines is 2. The number of nitrogens with one attached hydrogen (secondary N) is 2. The van der Waals surface area contributed by atoms with Crippen LogP contribution in [-0.2, 0) is 17.4 Å². The summed E-state index contributed by atoms with van der Waals surface area (Å²) in [6, 6.07) is 11.6. The Morgan fingerprint density at radius 3 is 2.70 bits per heavy atom. The van der Waals surface area contributed by atoms with Crippen LogP contribution in [0.4, 0.5) is 16.0 Å². The van der Waals surface area contributed by atoms with Crippen LogP contribution < -0.4 is 16.2 Å².